The summed E-state index contributed by atoms with van der Waals surface area (Å²) in [6, 6.07) is 0.304. The van der Waals surface area contributed by atoms with Crippen LogP contribution >= 0.6 is 35.7 Å². The molecule has 31 heavy (non-hydrogen) atoms. The molecule has 1 saturated heterocycles. The molecule has 1 atom stereocenters. The van der Waals surface area contributed by atoms with E-state index >= 15 is 0 Å². The molecule has 1 aliphatic carbocycles. The maximum atomic E-state index is 5.14. The lowest BCUT2D eigenvalue weighted by atomic mass is 9.80. The first-order chi connectivity index (χ1) is 14.4. The molecule has 0 bridgehead atoms. The van der Waals surface area contributed by atoms with E-state index < -0.39 is 0 Å². The summed E-state index contributed by atoms with van der Waals surface area (Å²) in [5.41, 5.74) is 4.01. The number of rotatable bonds is 7. The van der Waals surface area contributed by atoms with Crippen LogP contribution in [0.25, 0.3) is 0 Å². The number of aliphatic imine (C=N–C) groups is 1. The van der Waals surface area contributed by atoms with Gasteiger partial charge in [-0.25, -0.2) is 0 Å². The molecule has 0 radical (unpaired) electrons. The third kappa shape index (κ3) is 7.00. The standard InChI is InChI=1S/C23H42N6S.HI/c1-6-24-22(26-18(2)16-21-19(3)27-28(5)20(21)4)25-17-23(10-8-7-9-11-23)29-12-14-30-15-13-29;/h18H,6-17H2,1-5H3,(H2,24,25,26);1H. The molecule has 178 valence electrons. The van der Waals surface area contributed by atoms with Gasteiger partial charge in [-0.1, -0.05) is 19.3 Å². The summed E-state index contributed by atoms with van der Waals surface area (Å²) in [5, 5.41) is 11.7. The van der Waals surface area contributed by atoms with E-state index in [-0.39, 0.29) is 29.5 Å². The fraction of sp³-hybridized carbons (Fsp3) is 0.826. The number of guanidine groups is 1. The molecule has 1 aromatic rings. The van der Waals surface area contributed by atoms with Crippen molar-refractivity contribution in [3.8, 4) is 0 Å². The fourth-order valence-corrected chi connectivity index (χ4v) is 5.97. The van der Waals surface area contributed by atoms with E-state index in [0.717, 1.165) is 31.2 Å². The van der Waals surface area contributed by atoms with Crippen LogP contribution in [0, 0.1) is 13.8 Å². The van der Waals surface area contributed by atoms with Gasteiger partial charge < -0.3 is 10.6 Å². The van der Waals surface area contributed by atoms with Crippen LogP contribution in [-0.4, -0.2) is 69.9 Å². The van der Waals surface area contributed by atoms with Crippen molar-refractivity contribution in [3.05, 3.63) is 17.0 Å². The molecule has 8 heteroatoms. The Bertz CT molecular complexity index is 707. The van der Waals surface area contributed by atoms with Crippen LogP contribution < -0.4 is 10.6 Å². The first-order valence-electron chi connectivity index (χ1n) is 11.8. The summed E-state index contributed by atoms with van der Waals surface area (Å²) in [7, 11) is 2.03. The molecule has 1 unspecified atom stereocenters. The average molecular weight is 563 g/mol. The minimum absolute atomic E-state index is 0. The fourth-order valence-electron chi connectivity index (χ4n) is 5.07. The Kier molecular flexibility index (Phi) is 10.9. The Balaban J connectivity index is 0.00000341. The third-order valence-corrected chi connectivity index (χ3v) is 7.84. The summed E-state index contributed by atoms with van der Waals surface area (Å²) in [5.74, 6) is 3.50. The number of thioether (sulfide) groups is 1. The van der Waals surface area contributed by atoms with E-state index in [4.69, 9.17) is 4.99 Å². The van der Waals surface area contributed by atoms with Gasteiger partial charge in [0.2, 0.25) is 0 Å². The molecule has 3 rings (SSSR count). The molecule has 0 amide bonds. The van der Waals surface area contributed by atoms with Gasteiger partial charge in [0.15, 0.2) is 5.96 Å². The number of hydrogen-bond donors (Lipinski definition) is 2. The second-order valence-electron chi connectivity index (χ2n) is 9.10. The molecule has 2 fully saturated rings. The van der Waals surface area contributed by atoms with Crippen molar-refractivity contribution < 1.29 is 0 Å². The van der Waals surface area contributed by atoms with E-state index in [1.54, 1.807) is 0 Å². The minimum atomic E-state index is 0. The zero-order valence-electron chi connectivity index (χ0n) is 20.2. The lowest BCUT2D eigenvalue weighted by Gasteiger charge is -2.47. The van der Waals surface area contributed by atoms with Gasteiger partial charge in [0.1, 0.15) is 0 Å². The lowest BCUT2D eigenvalue weighted by Crippen LogP contribution is -2.56. The van der Waals surface area contributed by atoms with Crippen molar-refractivity contribution in [2.24, 2.45) is 12.0 Å². The van der Waals surface area contributed by atoms with Crippen LogP contribution in [0.2, 0.25) is 0 Å². The quantitative estimate of drug-likeness (QED) is 0.300. The summed E-state index contributed by atoms with van der Waals surface area (Å²) in [6.45, 7) is 12.9. The van der Waals surface area contributed by atoms with Crippen molar-refractivity contribution in [3.63, 3.8) is 0 Å². The number of nitrogens with zero attached hydrogens (tertiary/aromatic N) is 4. The number of aryl methyl sites for hydroxylation is 2. The van der Waals surface area contributed by atoms with Gasteiger partial charge in [0, 0.05) is 55.5 Å². The Morgan fingerprint density at radius 2 is 1.87 bits per heavy atom. The summed E-state index contributed by atoms with van der Waals surface area (Å²) < 4.78 is 1.99. The van der Waals surface area contributed by atoms with Crippen molar-refractivity contribution in [2.45, 2.75) is 77.8 Å². The van der Waals surface area contributed by atoms with Gasteiger partial charge in [-0.2, -0.15) is 16.9 Å². The monoisotopic (exact) mass is 562 g/mol. The van der Waals surface area contributed by atoms with Crippen LogP contribution in [-0.2, 0) is 13.5 Å². The molecule has 2 heterocycles. The first-order valence-corrected chi connectivity index (χ1v) is 13.0. The van der Waals surface area contributed by atoms with Crippen LogP contribution in [0.4, 0.5) is 0 Å². The molecule has 1 aliphatic heterocycles. The van der Waals surface area contributed by atoms with Gasteiger partial charge in [-0.15, -0.1) is 24.0 Å². The number of hydrogen-bond acceptors (Lipinski definition) is 4. The lowest BCUT2D eigenvalue weighted by molar-refractivity contribution is 0.0671. The van der Waals surface area contributed by atoms with Crippen molar-refractivity contribution >= 4 is 41.7 Å². The second-order valence-corrected chi connectivity index (χ2v) is 10.3. The smallest absolute Gasteiger partial charge is 0.191 e. The normalized spacial score (nSPS) is 20.7. The number of aromatic nitrogens is 2. The second kappa shape index (κ2) is 12.7. The van der Waals surface area contributed by atoms with Crippen molar-refractivity contribution in [1.82, 2.24) is 25.3 Å². The Morgan fingerprint density at radius 1 is 1.19 bits per heavy atom. The molecular weight excluding hydrogens is 519 g/mol. The van der Waals surface area contributed by atoms with Crippen molar-refractivity contribution in [1.29, 1.82) is 0 Å². The summed E-state index contributed by atoms with van der Waals surface area (Å²) in [6.07, 6.45) is 7.63. The molecule has 2 N–H and O–H groups in total. The van der Waals surface area contributed by atoms with E-state index in [1.807, 2.05) is 11.7 Å². The van der Waals surface area contributed by atoms with Gasteiger partial charge in [0.05, 0.1) is 12.2 Å². The zero-order chi connectivity index (χ0) is 21.6. The van der Waals surface area contributed by atoms with Crippen LogP contribution in [0.15, 0.2) is 4.99 Å². The van der Waals surface area contributed by atoms with E-state index in [2.05, 4.69) is 60.1 Å². The molecule has 0 aromatic carbocycles. The molecule has 0 spiro atoms. The van der Waals surface area contributed by atoms with Gasteiger partial charge >= 0.3 is 0 Å². The molecule has 1 saturated carbocycles. The Morgan fingerprint density at radius 3 is 2.45 bits per heavy atom. The zero-order valence-corrected chi connectivity index (χ0v) is 23.3. The highest BCUT2D eigenvalue weighted by atomic mass is 127. The highest BCUT2D eigenvalue weighted by Gasteiger charge is 2.38. The largest absolute Gasteiger partial charge is 0.357 e. The maximum absolute atomic E-state index is 5.14. The Hall–Kier alpha value is -0.480. The van der Waals surface area contributed by atoms with E-state index in [1.165, 1.54) is 68.0 Å². The van der Waals surface area contributed by atoms with Gasteiger partial charge in [-0.05, 0) is 52.5 Å². The number of halogens is 1. The van der Waals surface area contributed by atoms with Crippen LogP contribution in [0.1, 0.15) is 62.9 Å². The van der Waals surface area contributed by atoms with Crippen LogP contribution in [0.5, 0.6) is 0 Å². The van der Waals surface area contributed by atoms with E-state index in [0.29, 0.717) is 6.04 Å². The van der Waals surface area contributed by atoms with Crippen LogP contribution in [0.3, 0.4) is 0 Å². The predicted molar refractivity (Wildman–Crippen MR) is 145 cm³/mol. The summed E-state index contributed by atoms with van der Waals surface area (Å²) >= 11 is 2.10. The third-order valence-electron chi connectivity index (χ3n) is 6.89. The molecule has 6 nitrogen and oxygen atoms in total. The maximum Gasteiger partial charge on any atom is 0.191 e. The van der Waals surface area contributed by atoms with Crippen molar-refractivity contribution in [2.75, 3.05) is 37.7 Å². The highest BCUT2D eigenvalue weighted by Crippen LogP contribution is 2.35. The Labute approximate surface area is 210 Å². The highest BCUT2D eigenvalue weighted by molar-refractivity contribution is 14.0. The molecular formula is C23H43IN6S. The topological polar surface area (TPSA) is 57.5 Å². The molecule has 2 aliphatic rings. The SMILES string of the molecule is CCNC(=NCC1(N2CCSCC2)CCCCC1)NC(C)Cc1c(C)nn(C)c1C.I. The predicted octanol–water partition coefficient (Wildman–Crippen LogP) is 3.89. The van der Waals surface area contributed by atoms with Gasteiger partial charge in [-0.3, -0.25) is 14.6 Å². The first kappa shape index (κ1) is 26.8. The average Bonchev–Trinajstić information content (AvgIpc) is 2.99. The van der Waals surface area contributed by atoms with E-state index in [9.17, 15) is 0 Å². The molecule has 1 aromatic heterocycles. The summed E-state index contributed by atoms with van der Waals surface area (Å²) in [4.78, 5) is 7.91. The van der Waals surface area contributed by atoms with Gasteiger partial charge in [0.25, 0.3) is 0 Å². The minimum Gasteiger partial charge on any atom is -0.357 e. The number of nitrogens with one attached hydrogen (secondary N) is 2.